The Morgan fingerprint density at radius 3 is 2.79 bits per heavy atom. The SMILES string of the molecule is Cl.Cl.O=[N+]([O-])c1cnc2c(c1)CNC2. The van der Waals surface area contributed by atoms with Crippen LogP contribution in [0.2, 0.25) is 0 Å². The summed E-state index contributed by atoms with van der Waals surface area (Å²) in [6, 6.07) is 1.57. The van der Waals surface area contributed by atoms with Crippen LogP contribution < -0.4 is 5.32 Å². The van der Waals surface area contributed by atoms with E-state index in [1.807, 2.05) is 0 Å². The lowest BCUT2D eigenvalue weighted by Crippen LogP contribution is -2.00. The third kappa shape index (κ3) is 2.31. The predicted molar refractivity (Wildman–Crippen MR) is 55.9 cm³/mol. The van der Waals surface area contributed by atoms with Crippen LogP contribution in [0.1, 0.15) is 11.3 Å². The van der Waals surface area contributed by atoms with Gasteiger partial charge in [0.2, 0.25) is 0 Å². The van der Waals surface area contributed by atoms with Gasteiger partial charge in [0.05, 0.1) is 10.6 Å². The maximum Gasteiger partial charge on any atom is 0.287 e. The van der Waals surface area contributed by atoms with Gasteiger partial charge in [0.1, 0.15) is 6.20 Å². The largest absolute Gasteiger partial charge is 0.307 e. The number of hydrogen-bond acceptors (Lipinski definition) is 4. The topological polar surface area (TPSA) is 68.1 Å². The smallest absolute Gasteiger partial charge is 0.287 e. The van der Waals surface area contributed by atoms with E-state index < -0.39 is 4.92 Å². The molecule has 0 fully saturated rings. The molecule has 0 spiro atoms. The van der Waals surface area contributed by atoms with Crippen LogP contribution in [0.4, 0.5) is 5.69 Å². The van der Waals surface area contributed by atoms with Crippen molar-refractivity contribution in [2.45, 2.75) is 13.1 Å². The van der Waals surface area contributed by atoms with Crippen LogP contribution in [-0.4, -0.2) is 9.91 Å². The molecule has 0 atom stereocenters. The van der Waals surface area contributed by atoms with Gasteiger partial charge in [-0.05, 0) is 5.56 Å². The second-order valence-electron chi connectivity index (χ2n) is 2.66. The van der Waals surface area contributed by atoms with Gasteiger partial charge >= 0.3 is 0 Å². The van der Waals surface area contributed by atoms with Crippen molar-refractivity contribution >= 4 is 30.5 Å². The zero-order valence-corrected chi connectivity index (χ0v) is 8.73. The Bertz CT molecular complexity index is 346. The highest BCUT2D eigenvalue weighted by atomic mass is 35.5. The highest BCUT2D eigenvalue weighted by molar-refractivity contribution is 5.85. The molecule has 0 saturated carbocycles. The average molecular weight is 238 g/mol. The van der Waals surface area contributed by atoms with Crippen LogP contribution in [0.5, 0.6) is 0 Å². The Hall–Kier alpha value is -0.910. The fourth-order valence-electron chi connectivity index (χ4n) is 1.25. The van der Waals surface area contributed by atoms with E-state index in [4.69, 9.17) is 0 Å². The van der Waals surface area contributed by atoms with Crippen LogP contribution in [0, 0.1) is 10.1 Å². The average Bonchev–Trinajstić information content (AvgIpc) is 2.49. The van der Waals surface area contributed by atoms with Crippen molar-refractivity contribution in [3.63, 3.8) is 0 Å². The lowest BCUT2D eigenvalue weighted by molar-refractivity contribution is -0.385. The van der Waals surface area contributed by atoms with Gasteiger partial charge in [-0.2, -0.15) is 0 Å². The highest BCUT2D eigenvalue weighted by Crippen LogP contribution is 2.18. The molecular weight excluding hydrogens is 229 g/mol. The van der Waals surface area contributed by atoms with Gasteiger partial charge in [0, 0.05) is 19.2 Å². The van der Waals surface area contributed by atoms with E-state index in [1.165, 1.54) is 6.20 Å². The first kappa shape index (κ1) is 13.1. The van der Waals surface area contributed by atoms with Gasteiger partial charge in [-0.1, -0.05) is 0 Å². The summed E-state index contributed by atoms with van der Waals surface area (Å²) in [5.41, 5.74) is 1.92. The minimum atomic E-state index is -0.425. The summed E-state index contributed by atoms with van der Waals surface area (Å²) < 4.78 is 0. The number of nitrogens with zero attached hydrogens (tertiary/aromatic N) is 2. The van der Waals surface area contributed by atoms with E-state index in [1.54, 1.807) is 6.07 Å². The third-order valence-corrected chi connectivity index (χ3v) is 1.86. The fraction of sp³-hybridized carbons (Fsp3) is 0.286. The summed E-state index contributed by atoms with van der Waals surface area (Å²) in [5, 5.41) is 13.4. The Morgan fingerprint density at radius 2 is 2.14 bits per heavy atom. The van der Waals surface area contributed by atoms with Crippen LogP contribution in [-0.2, 0) is 13.1 Å². The molecule has 1 aliphatic heterocycles. The van der Waals surface area contributed by atoms with Crippen molar-refractivity contribution in [2.24, 2.45) is 0 Å². The normalized spacial score (nSPS) is 12.3. The van der Waals surface area contributed by atoms with Crippen LogP contribution in [0.25, 0.3) is 0 Å². The number of rotatable bonds is 1. The van der Waals surface area contributed by atoms with E-state index >= 15 is 0 Å². The summed E-state index contributed by atoms with van der Waals surface area (Å²) in [6.45, 7) is 1.40. The Balaban J connectivity index is 0.000000845. The Morgan fingerprint density at radius 1 is 1.43 bits per heavy atom. The van der Waals surface area contributed by atoms with Crippen LogP contribution in [0.3, 0.4) is 0 Å². The molecule has 1 aliphatic rings. The summed E-state index contributed by atoms with van der Waals surface area (Å²) in [5.74, 6) is 0. The molecule has 1 aromatic heterocycles. The molecule has 0 saturated heterocycles. The molecule has 2 rings (SSSR count). The lowest BCUT2D eigenvalue weighted by Gasteiger charge is -1.94. The molecule has 0 amide bonds. The van der Waals surface area contributed by atoms with Crippen LogP contribution in [0.15, 0.2) is 12.3 Å². The second kappa shape index (κ2) is 5.09. The number of nitrogens with one attached hydrogen (secondary N) is 1. The molecule has 0 aliphatic carbocycles. The Kier molecular flexibility index (Phi) is 4.76. The van der Waals surface area contributed by atoms with Gasteiger partial charge in [0.15, 0.2) is 0 Å². The van der Waals surface area contributed by atoms with Crippen molar-refractivity contribution in [2.75, 3.05) is 0 Å². The summed E-state index contributed by atoms with van der Waals surface area (Å²) in [6.07, 6.45) is 1.30. The minimum absolute atomic E-state index is 0. The fourth-order valence-corrected chi connectivity index (χ4v) is 1.25. The highest BCUT2D eigenvalue weighted by Gasteiger charge is 2.15. The van der Waals surface area contributed by atoms with Crippen molar-refractivity contribution in [3.05, 3.63) is 33.6 Å². The van der Waals surface area contributed by atoms with Crippen molar-refractivity contribution in [1.82, 2.24) is 10.3 Å². The maximum absolute atomic E-state index is 10.3. The van der Waals surface area contributed by atoms with Crippen molar-refractivity contribution in [1.29, 1.82) is 0 Å². The molecule has 0 unspecified atom stereocenters. The molecule has 1 aromatic rings. The number of aromatic nitrogens is 1. The number of nitro groups is 1. The van der Waals surface area contributed by atoms with Crippen molar-refractivity contribution < 1.29 is 4.92 Å². The zero-order chi connectivity index (χ0) is 8.55. The van der Waals surface area contributed by atoms with E-state index in [0.29, 0.717) is 13.1 Å². The molecule has 78 valence electrons. The molecule has 14 heavy (non-hydrogen) atoms. The van der Waals surface area contributed by atoms with Gasteiger partial charge in [0.25, 0.3) is 5.69 Å². The molecule has 7 heteroatoms. The maximum atomic E-state index is 10.3. The third-order valence-electron chi connectivity index (χ3n) is 1.86. The first-order valence-corrected chi connectivity index (χ1v) is 3.60. The van der Waals surface area contributed by atoms with E-state index in [9.17, 15) is 10.1 Å². The van der Waals surface area contributed by atoms with Gasteiger partial charge in [-0.25, -0.2) is 0 Å². The number of fused-ring (bicyclic) bond motifs is 1. The molecule has 0 bridgehead atoms. The molecule has 5 nitrogen and oxygen atoms in total. The Labute approximate surface area is 92.9 Å². The number of hydrogen-bond donors (Lipinski definition) is 1. The van der Waals surface area contributed by atoms with Crippen LogP contribution >= 0.6 is 24.8 Å². The number of halogens is 2. The van der Waals surface area contributed by atoms with E-state index in [2.05, 4.69) is 10.3 Å². The zero-order valence-electron chi connectivity index (χ0n) is 7.10. The van der Waals surface area contributed by atoms with Gasteiger partial charge in [-0.15, -0.1) is 24.8 Å². The summed E-state index contributed by atoms with van der Waals surface area (Å²) in [7, 11) is 0. The summed E-state index contributed by atoms with van der Waals surface area (Å²) in [4.78, 5) is 13.9. The monoisotopic (exact) mass is 237 g/mol. The molecule has 2 heterocycles. The first-order chi connectivity index (χ1) is 5.77. The predicted octanol–water partition coefficient (Wildman–Crippen LogP) is 1.44. The summed E-state index contributed by atoms with van der Waals surface area (Å²) >= 11 is 0. The van der Waals surface area contributed by atoms with Gasteiger partial charge < -0.3 is 5.32 Å². The minimum Gasteiger partial charge on any atom is -0.307 e. The van der Waals surface area contributed by atoms with E-state index in [0.717, 1.165) is 11.3 Å². The van der Waals surface area contributed by atoms with E-state index in [-0.39, 0.29) is 30.5 Å². The quantitative estimate of drug-likeness (QED) is 0.593. The molecular formula is C7H9Cl2N3O2. The van der Waals surface area contributed by atoms with Crippen molar-refractivity contribution in [3.8, 4) is 0 Å². The molecule has 0 aromatic carbocycles. The first-order valence-electron chi connectivity index (χ1n) is 3.60. The second-order valence-corrected chi connectivity index (χ2v) is 2.66. The molecule has 1 N–H and O–H groups in total. The molecule has 0 radical (unpaired) electrons. The van der Waals surface area contributed by atoms with Gasteiger partial charge in [-0.3, -0.25) is 15.1 Å². The lowest BCUT2D eigenvalue weighted by atomic mass is 10.2. The number of pyridine rings is 1. The standard InChI is InChI=1S/C7H7N3O2.2ClH/c11-10(12)6-1-5-2-8-4-7(5)9-3-6;;/h1,3,8H,2,4H2;2*1H.